The average molecular weight is 389 g/mol. The number of nitrogens with zero attached hydrogens (tertiary/aromatic N) is 1. The van der Waals surface area contributed by atoms with Crippen LogP contribution < -0.4 is 19.7 Å². The van der Waals surface area contributed by atoms with Gasteiger partial charge in [-0.3, -0.25) is 9.59 Å². The minimum absolute atomic E-state index is 0.106. The molecule has 2 aromatic rings. The van der Waals surface area contributed by atoms with E-state index in [0.29, 0.717) is 35.3 Å². The third-order valence-corrected chi connectivity index (χ3v) is 4.81. The molecule has 0 bridgehead atoms. The van der Waals surface area contributed by atoms with Crippen molar-refractivity contribution >= 4 is 29.1 Å². The van der Waals surface area contributed by atoms with Crippen LogP contribution in [0, 0.1) is 5.92 Å². The Labute approximate surface area is 163 Å². The second kappa shape index (κ2) is 8.31. The first-order valence-corrected chi connectivity index (χ1v) is 8.94. The molecule has 0 aliphatic carbocycles. The van der Waals surface area contributed by atoms with Crippen LogP contribution in [0.1, 0.15) is 12.0 Å². The lowest BCUT2D eigenvalue weighted by Crippen LogP contribution is -2.32. The summed E-state index contributed by atoms with van der Waals surface area (Å²) in [6.07, 6.45) is 0.168. The highest BCUT2D eigenvalue weighted by Gasteiger charge is 2.36. The molecule has 1 fully saturated rings. The van der Waals surface area contributed by atoms with Crippen molar-refractivity contribution in [2.24, 2.45) is 5.92 Å². The van der Waals surface area contributed by atoms with E-state index in [-0.39, 0.29) is 18.2 Å². The number of hydrogen-bond donors (Lipinski definition) is 1. The van der Waals surface area contributed by atoms with Gasteiger partial charge in [0.25, 0.3) is 0 Å². The number of carbonyl (C=O) groups excluding carboxylic acids is 2. The molecule has 0 aromatic heterocycles. The Balaban J connectivity index is 1.66. The number of hydrogen-bond acceptors (Lipinski definition) is 4. The van der Waals surface area contributed by atoms with Crippen molar-refractivity contribution in [2.75, 3.05) is 25.7 Å². The lowest BCUT2D eigenvalue weighted by molar-refractivity contribution is -0.126. The molecule has 1 N–H and O–H groups in total. The number of amides is 2. The van der Waals surface area contributed by atoms with Crippen LogP contribution in [0.5, 0.6) is 11.5 Å². The third kappa shape index (κ3) is 4.34. The van der Waals surface area contributed by atoms with E-state index in [1.54, 1.807) is 42.3 Å². The summed E-state index contributed by atoms with van der Waals surface area (Å²) in [4.78, 5) is 26.6. The van der Waals surface area contributed by atoms with Crippen LogP contribution in [0.2, 0.25) is 5.02 Å². The fourth-order valence-electron chi connectivity index (χ4n) is 3.06. The van der Waals surface area contributed by atoms with Crippen molar-refractivity contribution in [3.8, 4) is 11.5 Å². The number of anilines is 1. The van der Waals surface area contributed by atoms with Crippen LogP contribution in [0.25, 0.3) is 0 Å². The summed E-state index contributed by atoms with van der Waals surface area (Å²) >= 11 is 5.86. The highest BCUT2D eigenvalue weighted by Crippen LogP contribution is 2.35. The van der Waals surface area contributed by atoms with Gasteiger partial charge in [-0.05, 0) is 29.8 Å². The van der Waals surface area contributed by atoms with Crippen molar-refractivity contribution < 1.29 is 19.1 Å². The molecule has 1 heterocycles. The summed E-state index contributed by atoms with van der Waals surface area (Å²) in [7, 11) is 3.10. The van der Waals surface area contributed by atoms with Gasteiger partial charge in [-0.25, -0.2) is 0 Å². The molecule has 6 nitrogen and oxygen atoms in total. The van der Waals surface area contributed by atoms with Crippen molar-refractivity contribution in [2.45, 2.75) is 13.0 Å². The zero-order valence-electron chi connectivity index (χ0n) is 15.2. The molecular formula is C20H21ClN2O4. The Morgan fingerprint density at radius 3 is 2.59 bits per heavy atom. The highest BCUT2D eigenvalue weighted by molar-refractivity contribution is 6.30. The molecule has 2 aromatic carbocycles. The van der Waals surface area contributed by atoms with Crippen LogP contribution >= 0.6 is 11.6 Å². The maximum atomic E-state index is 12.5. The van der Waals surface area contributed by atoms with E-state index >= 15 is 0 Å². The van der Waals surface area contributed by atoms with Gasteiger partial charge < -0.3 is 19.7 Å². The van der Waals surface area contributed by atoms with E-state index in [9.17, 15) is 9.59 Å². The van der Waals surface area contributed by atoms with Gasteiger partial charge in [0, 0.05) is 30.6 Å². The molecule has 0 unspecified atom stereocenters. The fraction of sp³-hybridized carbons (Fsp3) is 0.300. The largest absolute Gasteiger partial charge is 0.497 e. The van der Waals surface area contributed by atoms with Crippen molar-refractivity contribution in [1.82, 2.24) is 5.32 Å². The van der Waals surface area contributed by atoms with Crippen LogP contribution in [0.15, 0.2) is 42.5 Å². The normalized spacial score (nSPS) is 16.3. The molecule has 1 aliphatic heterocycles. The molecule has 0 saturated carbocycles. The van der Waals surface area contributed by atoms with Crippen LogP contribution in [0.3, 0.4) is 0 Å². The SMILES string of the molecule is COc1ccc(N2C[C@H](C(=O)NCc3ccc(Cl)cc3)CC2=O)c(OC)c1. The molecule has 0 spiro atoms. The third-order valence-electron chi connectivity index (χ3n) is 4.55. The first-order chi connectivity index (χ1) is 13.0. The number of halogens is 1. The number of methoxy groups -OCH3 is 2. The zero-order valence-corrected chi connectivity index (χ0v) is 16.0. The summed E-state index contributed by atoms with van der Waals surface area (Å²) < 4.78 is 10.6. The van der Waals surface area contributed by atoms with E-state index < -0.39 is 5.92 Å². The smallest absolute Gasteiger partial charge is 0.227 e. The monoisotopic (exact) mass is 388 g/mol. The molecule has 1 aliphatic rings. The quantitative estimate of drug-likeness (QED) is 0.826. The van der Waals surface area contributed by atoms with Crippen molar-refractivity contribution in [3.05, 3.63) is 53.1 Å². The van der Waals surface area contributed by atoms with Gasteiger partial charge in [-0.1, -0.05) is 23.7 Å². The Morgan fingerprint density at radius 2 is 1.93 bits per heavy atom. The van der Waals surface area contributed by atoms with Gasteiger partial charge in [0.05, 0.1) is 25.8 Å². The van der Waals surface area contributed by atoms with Crippen molar-refractivity contribution in [1.29, 1.82) is 0 Å². The second-order valence-corrected chi connectivity index (χ2v) is 6.72. The lowest BCUT2D eigenvalue weighted by Gasteiger charge is -2.20. The predicted octanol–water partition coefficient (Wildman–Crippen LogP) is 3.03. The lowest BCUT2D eigenvalue weighted by atomic mass is 10.1. The Kier molecular flexibility index (Phi) is 5.86. The standard InChI is InChI=1S/C20H21ClN2O4/c1-26-16-7-8-17(18(10-16)27-2)23-12-14(9-19(23)24)20(25)22-11-13-3-5-15(21)6-4-13/h3-8,10,14H,9,11-12H2,1-2H3,(H,22,25)/t14-/m1/s1. The van der Waals surface area contributed by atoms with Crippen molar-refractivity contribution in [3.63, 3.8) is 0 Å². The highest BCUT2D eigenvalue weighted by atomic mass is 35.5. The molecule has 3 rings (SSSR count). The zero-order chi connectivity index (χ0) is 19.4. The summed E-state index contributed by atoms with van der Waals surface area (Å²) in [5.74, 6) is 0.513. The Morgan fingerprint density at radius 1 is 1.19 bits per heavy atom. The molecule has 7 heteroatoms. The van der Waals surface area contributed by atoms with Crippen LogP contribution in [-0.2, 0) is 16.1 Å². The molecule has 1 atom stereocenters. The van der Waals surface area contributed by atoms with E-state index in [2.05, 4.69) is 5.32 Å². The summed E-state index contributed by atoms with van der Waals surface area (Å²) in [6.45, 7) is 0.709. The maximum Gasteiger partial charge on any atom is 0.227 e. The number of benzene rings is 2. The maximum absolute atomic E-state index is 12.5. The number of rotatable bonds is 6. The van der Waals surface area contributed by atoms with E-state index in [1.807, 2.05) is 12.1 Å². The van der Waals surface area contributed by atoms with E-state index in [4.69, 9.17) is 21.1 Å². The van der Waals surface area contributed by atoms with E-state index in [0.717, 1.165) is 5.56 Å². The first kappa shape index (κ1) is 19.0. The summed E-state index contributed by atoms with van der Waals surface area (Å²) in [5.41, 5.74) is 1.59. The van der Waals surface area contributed by atoms with Crippen LogP contribution in [0.4, 0.5) is 5.69 Å². The molecule has 27 heavy (non-hydrogen) atoms. The molecule has 142 valence electrons. The average Bonchev–Trinajstić information content (AvgIpc) is 3.08. The fourth-order valence-corrected chi connectivity index (χ4v) is 3.19. The summed E-state index contributed by atoms with van der Waals surface area (Å²) in [5, 5.41) is 3.54. The Hall–Kier alpha value is -2.73. The van der Waals surface area contributed by atoms with Gasteiger partial charge >= 0.3 is 0 Å². The number of nitrogens with one attached hydrogen (secondary N) is 1. The van der Waals surface area contributed by atoms with Gasteiger partial charge in [-0.15, -0.1) is 0 Å². The molecule has 1 saturated heterocycles. The number of carbonyl (C=O) groups is 2. The molecule has 2 amide bonds. The predicted molar refractivity (Wildman–Crippen MR) is 103 cm³/mol. The minimum Gasteiger partial charge on any atom is -0.497 e. The van der Waals surface area contributed by atoms with Gasteiger partial charge in [-0.2, -0.15) is 0 Å². The first-order valence-electron chi connectivity index (χ1n) is 8.56. The molecule has 0 radical (unpaired) electrons. The molecular weight excluding hydrogens is 368 g/mol. The van der Waals surface area contributed by atoms with Gasteiger partial charge in [0.15, 0.2) is 0 Å². The van der Waals surface area contributed by atoms with E-state index in [1.165, 1.54) is 7.11 Å². The van der Waals surface area contributed by atoms with Crippen LogP contribution in [-0.4, -0.2) is 32.6 Å². The van der Waals surface area contributed by atoms with Gasteiger partial charge in [0.1, 0.15) is 11.5 Å². The van der Waals surface area contributed by atoms with Gasteiger partial charge in [0.2, 0.25) is 11.8 Å². The Bertz CT molecular complexity index is 838. The summed E-state index contributed by atoms with van der Waals surface area (Å²) in [6, 6.07) is 12.5. The topological polar surface area (TPSA) is 67.9 Å². The number of ether oxygens (including phenoxy) is 2. The minimum atomic E-state index is -0.406. The second-order valence-electron chi connectivity index (χ2n) is 6.29.